The van der Waals surface area contributed by atoms with E-state index in [1.54, 1.807) is 4.68 Å². The average Bonchev–Trinajstić information content (AvgIpc) is 3.00. The van der Waals surface area contributed by atoms with Crippen LogP contribution in [0, 0.1) is 13.8 Å². The molecule has 0 aliphatic carbocycles. The monoisotopic (exact) mass is 382 g/mol. The van der Waals surface area contributed by atoms with Gasteiger partial charge in [0.25, 0.3) is 0 Å². The number of hydrogen-bond acceptors (Lipinski definition) is 3. The van der Waals surface area contributed by atoms with Crippen LogP contribution in [0.15, 0.2) is 54.6 Å². The van der Waals surface area contributed by atoms with Crippen molar-refractivity contribution in [3.63, 3.8) is 0 Å². The molecule has 0 unspecified atom stereocenters. The number of carbonyl (C=O) groups is 1. The van der Waals surface area contributed by atoms with Crippen LogP contribution in [0.25, 0.3) is 5.69 Å². The van der Waals surface area contributed by atoms with Crippen LogP contribution < -0.4 is 10.6 Å². The number of carbonyl (C=O) groups excluding carboxylic acids is 1. The van der Waals surface area contributed by atoms with Crippen LogP contribution in [0.2, 0.25) is 5.02 Å². The molecule has 3 aromatic rings. The first-order valence-corrected chi connectivity index (χ1v) is 9.24. The quantitative estimate of drug-likeness (QED) is 0.663. The lowest BCUT2D eigenvalue weighted by atomic mass is 10.1. The van der Waals surface area contributed by atoms with Gasteiger partial charge in [0, 0.05) is 17.1 Å². The second-order valence-corrected chi connectivity index (χ2v) is 6.95. The average molecular weight is 383 g/mol. The maximum Gasteiger partial charge on any atom is 0.239 e. The molecule has 0 aliphatic heterocycles. The molecule has 5 nitrogen and oxygen atoms in total. The number of amides is 1. The highest BCUT2D eigenvalue weighted by Gasteiger charge is 2.14. The zero-order chi connectivity index (χ0) is 19.4. The van der Waals surface area contributed by atoms with Crippen LogP contribution in [0.4, 0.5) is 5.82 Å². The van der Waals surface area contributed by atoms with E-state index in [0.717, 1.165) is 22.5 Å². The molecule has 0 saturated carbocycles. The third-order valence-corrected chi connectivity index (χ3v) is 4.73. The van der Waals surface area contributed by atoms with Crippen LogP contribution >= 0.6 is 11.6 Å². The van der Waals surface area contributed by atoms with E-state index in [-0.39, 0.29) is 18.5 Å². The molecule has 0 fully saturated rings. The lowest BCUT2D eigenvalue weighted by Crippen LogP contribution is -2.30. The van der Waals surface area contributed by atoms with Crippen molar-refractivity contribution in [1.82, 2.24) is 15.1 Å². The van der Waals surface area contributed by atoms with Gasteiger partial charge in [0.15, 0.2) is 0 Å². The second kappa shape index (κ2) is 8.37. The van der Waals surface area contributed by atoms with Gasteiger partial charge in [-0.15, -0.1) is 0 Å². The third kappa shape index (κ3) is 4.56. The summed E-state index contributed by atoms with van der Waals surface area (Å²) in [5.74, 6) is 0.516. The Morgan fingerprint density at radius 1 is 1.15 bits per heavy atom. The molecule has 0 radical (unpaired) electrons. The Kier molecular flexibility index (Phi) is 5.94. The summed E-state index contributed by atoms with van der Waals surface area (Å²) in [6.45, 7) is 6.08. The van der Waals surface area contributed by atoms with Crippen LogP contribution in [0.3, 0.4) is 0 Å². The highest BCUT2D eigenvalue weighted by Crippen LogP contribution is 2.22. The Morgan fingerprint density at radius 3 is 2.59 bits per heavy atom. The molecule has 0 bridgehead atoms. The van der Waals surface area contributed by atoms with Crippen LogP contribution in [-0.2, 0) is 4.79 Å². The second-order valence-electron chi connectivity index (χ2n) is 6.54. The van der Waals surface area contributed by atoms with E-state index in [1.807, 2.05) is 75.4 Å². The number of halogens is 1. The van der Waals surface area contributed by atoms with E-state index in [2.05, 4.69) is 15.7 Å². The Labute approximate surface area is 164 Å². The van der Waals surface area contributed by atoms with E-state index >= 15 is 0 Å². The Morgan fingerprint density at radius 2 is 1.85 bits per heavy atom. The van der Waals surface area contributed by atoms with Gasteiger partial charge in [-0.2, -0.15) is 5.10 Å². The standard InChI is InChI=1S/C21H23ClN4O/c1-14-8-4-7-11-19(14)26-20(12-15(2)25-26)24-21(27)13-23-16(3)17-9-5-6-10-18(17)22/h4-12,16,23H,13H2,1-3H3,(H,24,27)/t16-/m0/s1. The highest BCUT2D eigenvalue weighted by atomic mass is 35.5. The Balaban J connectivity index is 1.69. The molecule has 2 aromatic carbocycles. The Hall–Kier alpha value is -2.63. The maximum atomic E-state index is 12.5. The molecule has 1 aromatic heterocycles. The lowest BCUT2D eigenvalue weighted by molar-refractivity contribution is -0.115. The van der Waals surface area contributed by atoms with E-state index in [1.165, 1.54) is 0 Å². The number of para-hydroxylation sites is 1. The summed E-state index contributed by atoms with van der Waals surface area (Å²) in [4.78, 5) is 12.5. The molecule has 2 N–H and O–H groups in total. The molecule has 6 heteroatoms. The topological polar surface area (TPSA) is 59.0 Å². The van der Waals surface area contributed by atoms with Crippen molar-refractivity contribution in [3.8, 4) is 5.69 Å². The first-order chi connectivity index (χ1) is 13.0. The van der Waals surface area contributed by atoms with Crippen molar-refractivity contribution in [3.05, 3.63) is 76.4 Å². The normalized spacial score (nSPS) is 12.0. The molecule has 0 aliphatic rings. The van der Waals surface area contributed by atoms with E-state index in [4.69, 9.17) is 11.6 Å². The van der Waals surface area contributed by atoms with Crippen molar-refractivity contribution in [2.45, 2.75) is 26.8 Å². The zero-order valence-electron chi connectivity index (χ0n) is 15.7. The van der Waals surface area contributed by atoms with Gasteiger partial charge in [-0.1, -0.05) is 48.0 Å². The molecular weight excluding hydrogens is 360 g/mol. The van der Waals surface area contributed by atoms with E-state index in [9.17, 15) is 4.79 Å². The summed E-state index contributed by atoms with van der Waals surface area (Å²) in [7, 11) is 0. The fourth-order valence-corrected chi connectivity index (χ4v) is 3.24. The molecule has 1 atom stereocenters. The molecule has 0 saturated heterocycles. The van der Waals surface area contributed by atoms with Crippen molar-refractivity contribution in [2.24, 2.45) is 0 Å². The molecular formula is C21H23ClN4O. The van der Waals surface area contributed by atoms with Gasteiger partial charge in [0.05, 0.1) is 17.9 Å². The molecule has 0 spiro atoms. The first-order valence-electron chi connectivity index (χ1n) is 8.86. The zero-order valence-corrected chi connectivity index (χ0v) is 16.4. The minimum atomic E-state index is -0.136. The first kappa shape index (κ1) is 19.1. The van der Waals surface area contributed by atoms with Crippen LogP contribution in [0.5, 0.6) is 0 Å². The molecule has 140 valence electrons. The number of benzene rings is 2. The third-order valence-electron chi connectivity index (χ3n) is 4.38. The molecule has 3 rings (SSSR count). The number of anilines is 1. The number of aryl methyl sites for hydroxylation is 2. The summed E-state index contributed by atoms with van der Waals surface area (Å²) in [5, 5.41) is 11.4. The summed E-state index contributed by atoms with van der Waals surface area (Å²) >= 11 is 6.22. The van der Waals surface area contributed by atoms with Crippen LogP contribution in [-0.4, -0.2) is 22.2 Å². The van der Waals surface area contributed by atoms with Gasteiger partial charge >= 0.3 is 0 Å². The predicted octanol–water partition coefficient (Wildman–Crippen LogP) is 4.43. The highest BCUT2D eigenvalue weighted by molar-refractivity contribution is 6.31. The Bertz CT molecular complexity index is 951. The van der Waals surface area contributed by atoms with E-state index < -0.39 is 0 Å². The fraction of sp³-hybridized carbons (Fsp3) is 0.238. The largest absolute Gasteiger partial charge is 0.309 e. The number of nitrogens with one attached hydrogen (secondary N) is 2. The van der Waals surface area contributed by atoms with Gasteiger partial charge in [-0.05, 0) is 44.0 Å². The van der Waals surface area contributed by atoms with Crippen molar-refractivity contribution in [2.75, 3.05) is 11.9 Å². The smallest absolute Gasteiger partial charge is 0.239 e. The number of hydrogen-bond donors (Lipinski definition) is 2. The van der Waals surface area contributed by atoms with E-state index in [0.29, 0.717) is 10.8 Å². The van der Waals surface area contributed by atoms with Gasteiger partial charge in [0.2, 0.25) is 5.91 Å². The minimum Gasteiger partial charge on any atom is -0.309 e. The molecule has 1 heterocycles. The SMILES string of the molecule is Cc1cc(NC(=O)CN[C@@H](C)c2ccccc2Cl)n(-c2ccccc2C)n1. The van der Waals surface area contributed by atoms with Gasteiger partial charge in [-0.3, -0.25) is 4.79 Å². The van der Waals surface area contributed by atoms with Crippen molar-refractivity contribution >= 4 is 23.3 Å². The number of aromatic nitrogens is 2. The predicted molar refractivity (Wildman–Crippen MR) is 110 cm³/mol. The van der Waals surface area contributed by atoms with Gasteiger partial charge in [-0.25, -0.2) is 4.68 Å². The molecule has 27 heavy (non-hydrogen) atoms. The fourth-order valence-electron chi connectivity index (χ4n) is 2.94. The van der Waals surface area contributed by atoms with Crippen LogP contribution in [0.1, 0.15) is 29.8 Å². The molecule has 1 amide bonds. The summed E-state index contributed by atoms with van der Waals surface area (Å²) in [6, 6.07) is 17.4. The van der Waals surface area contributed by atoms with Gasteiger partial charge in [0.1, 0.15) is 5.82 Å². The van der Waals surface area contributed by atoms with Crippen molar-refractivity contribution < 1.29 is 4.79 Å². The number of nitrogens with zero attached hydrogens (tertiary/aromatic N) is 2. The lowest BCUT2D eigenvalue weighted by Gasteiger charge is -2.16. The van der Waals surface area contributed by atoms with Gasteiger partial charge < -0.3 is 10.6 Å². The minimum absolute atomic E-state index is 0.0348. The number of rotatable bonds is 6. The summed E-state index contributed by atoms with van der Waals surface area (Å²) < 4.78 is 1.76. The summed E-state index contributed by atoms with van der Waals surface area (Å²) in [6.07, 6.45) is 0. The van der Waals surface area contributed by atoms with Crippen molar-refractivity contribution in [1.29, 1.82) is 0 Å². The summed E-state index contributed by atoms with van der Waals surface area (Å²) in [5.41, 5.74) is 3.83. The maximum absolute atomic E-state index is 12.5.